The second kappa shape index (κ2) is 7.85. The number of hydrogen-bond donors (Lipinski definition) is 0. The van der Waals surface area contributed by atoms with Crippen molar-refractivity contribution in [3.05, 3.63) is 65.8 Å². The third-order valence-corrected chi connectivity index (χ3v) is 5.14. The van der Waals surface area contributed by atoms with Gasteiger partial charge in [-0.1, -0.05) is 34.6 Å². The van der Waals surface area contributed by atoms with Gasteiger partial charge in [0.2, 0.25) is 11.7 Å². The minimum absolute atomic E-state index is 0.507. The smallest absolute Gasteiger partial charge is 0.237 e. The predicted octanol–water partition coefficient (Wildman–Crippen LogP) is 4.24. The van der Waals surface area contributed by atoms with Crippen LogP contribution in [0.4, 0.5) is 0 Å². The van der Waals surface area contributed by atoms with E-state index in [2.05, 4.69) is 51.5 Å². The van der Waals surface area contributed by atoms with Gasteiger partial charge < -0.3 is 9.26 Å². The molecule has 8 heteroatoms. The normalized spacial score (nSPS) is 11.0. The van der Waals surface area contributed by atoms with E-state index in [0.29, 0.717) is 17.5 Å². The van der Waals surface area contributed by atoms with Crippen molar-refractivity contribution < 1.29 is 9.26 Å². The summed E-state index contributed by atoms with van der Waals surface area (Å²) >= 11 is 1.51. The highest BCUT2D eigenvalue weighted by atomic mass is 32.2. The lowest BCUT2D eigenvalue weighted by Gasteiger charge is -2.07. The van der Waals surface area contributed by atoms with Gasteiger partial charge in [-0.3, -0.25) is 4.57 Å². The van der Waals surface area contributed by atoms with Crippen molar-refractivity contribution in [3.8, 4) is 22.8 Å². The minimum atomic E-state index is 0.507. The molecule has 4 aromatic rings. The monoisotopic (exact) mass is 393 g/mol. The summed E-state index contributed by atoms with van der Waals surface area (Å²) in [7, 11) is 1.63. The van der Waals surface area contributed by atoms with Crippen LogP contribution in [0.3, 0.4) is 0 Å². The van der Waals surface area contributed by atoms with Crippen LogP contribution in [-0.2, 0) is 5.75 Å². The number of ether oxygens (including phenoxy) is 1. The van der Waals surface area contributed by atoms with Crippen molar-refractivity contribution in [3.63, 3.8) is 0 Å². The van der Waals surface area contributed by atoms with Gasteiger partial charge in [0, 0.05) is 11.3 Å². The van der Waals surface area contributed by atoms with E-state index in [9.17, 15) is 0 Å². The highest BCUT2D eigenvalue weighted by Crippen LogP contribution is 2.26. The Labute approximate surface area is 166 Å². The molecule has 0 saturated heterocycles. The maximum atomic E-state index is 5.39. The molecule has 0 saturated carbocycles. The second-order valence-corrected chi connectivity index (χ2v) is 7.17. The Hall–Kier alpha value is -3.13. The first-order chi connectivity index (χ1) is 13.6. The number of benzene rings is 2. The molecule has 0 radical (unpaired) electrons. The zero-order valence-electron chi connectivity index (χ0n) is 15.8. The van der Waals surface area contributed by atoms with Crippen LogP contribution >= 0.6 is 11.8 Å². The van der Waals surface area contributed by atoms with Crippen LogP contribution in [0, 0.1) is 13.8 Å². The number of methoxy groups -OCH3 is 1. The number of thioether (sulfide) groups is 1. The van der Waals surface area contributed by atoms with Crippen molar-refractivity contribution in [2.45, 2.75) is 24.8 Å². The molecule has 0 aliphatic rings. The van der Waals surface area contributed by atoms with Crippen molar-refractivity contribution in [1.82, 2.24) is 24.9 Å². The highest BCUT2D eigenvalue weighted by molar-refractivity contribution is 7.98. The Morgan fingerprint density at radius 1 is 1.00 bits per heavy atom. The van der Waals surface area contributed by atoms with E-state index in [-0.39, 0.29) is 0 Å². The van der Waals surface area contributed by atoms with Crippen LogP contribution in [-0.4, -0.2) is 32.0 Å². The van der Waals surface area contributed by atoms with E-state index in [1.807, 2.05) is 35.8 Å². The summed E-state index contributed by atoms with van der Waals surface area (Å²) in [4.78, 5) is 4.47. The summed E-state index contributed by atoms with van der Waals surface area (Å²) < 4.78 is 12.6. The second-order valence-electron chi connectivity index (χ2n) is 6.23. The zero-order valence-corrected chi connectivity index (χ0v) is 16.6. The summed E-state index contributed by atoms with van der Waals surface area (Å²) in [5.74, 6) is 3.21. The standard InChI is InChI=1S/C20H19N5O2S/c1-13-4-8-16(9-5-13)25-14(2)22-23-20(25)28-12-18-21-19(24-27-18)15-6-10-17(26-3)11-7-15/h4-11H,12H2,1-3H3. The van der Waals surface area contributed by atoms with E-state index in [4.69, 9.17) is 9.26 Å². The van der Waals surface area contributed by atoms with Gasteiger partial charge in [-0.25, -0.2) is 0 Å². The molecule has 0 atom stereocenters. The van der Waals surface area contributed by atoms with Crippen LogP contribution < -0.4 is 4.74 Å². The van der Waals surface area contributed by atoms with Crippen LogP contribution in [0.25, 0.3) is 17.1 Å². The van der Waals surface area contributed by atoms with E-state index in [1.54, 1.807) is 7.11 Å². The lowest BCUT2D eigenvalue weighted by Crippen LogP contribution is -1.99. The fourth-order valence-electron chi connectivity index (χ4n) is 2.72. The van der Waals surface area contributed by atoms with Gasteiger partial charge >= 0.3 is 0 Å². The van der Waals surface area contributed by atoms with Crippen molar-refractivity contribution in [2.24, 2.45) is 0 Å². The lowest BCUT2D eigenvalue weighted by atomic mass is 10.2. The Bertz CT molecular complexity index is 1070. The predicted molar refractivity (Wildman–Crippen MR) is 107 cm³/mol. The number of rotatable bonds is 6. The topological polar surface area (TPSA) is 78.9 Å². The summed E-state index contributed by atoms with van der Waals surface area (Å²) in [6, 6.07) is 15.8. The molecule has 0 aliphatic carbocycles. The number of nitrogens with zero attached hydrogens (tertiary/aromatic N) is 5. The van der Waals surface area contributed by atoms with Crippen LogP contribution in [0.5, 0.6) is 5.75 Å². The van der Waals surface area contributed by atoms with Crippen molar-refractivity contribution in [1.29, 1.82) is 0 Å². The number of aryl methyl sites for hydroxylation is 2. The Morgan fingerprint density at radius 3 is 2.46 bits per heavy atom. The molecular weight excluding hydrogens is 374 g/mol. The highest BCUT2D eigenvalue weighted by Gasteiger charge is 2.14. The Kier molecular flexibility index (Phi) is 5.12. The molecule has 28 heavy (non-hydrogen) atoms. The Morgan fingerprint density at radius 2 is 1.75 bits per heavy atom. The molecule has 0 fully saturated rings. The fraction of sp³-hybridized carbons (Fsp3) is 0.200. The molecule has 2 aromatic heterocycles. The molecule has 0 N–H and O–H groups in total. The quantitative estimate of drug-likeness (QED) is 0.453. The number of aromatic nitrogens is 5. The van der Waals surface area contributed by atoms with Crippen LogP contribution in [0.2, 0.25) is 0 Å². The molecule has 4 rings (SSSR count). The van der Waals surface area contributed by atoms with Gasteiger partial charge in [0.15, 0.2) is 5.16 Å². The largest absolute Gasteiger partial charge is 0.497 e. The molecule has 0 unspecified atom stereocenters. The van der Waals surface area contributed by atoms with Gasteiger partial charge in [-0.2, -0.15) is 4.98 Å². The molecular formula is C20H19N5O2S. The average molecular weight is 393 g/mol. The SMILES string of the molecule is COc1ccc(-c2noc(CSc3nnc(C)n3-c3ccc(C)cc3)n2)cc1. The van der Waals surface area contributed by atoms with Crippen LogP contribution in [0.15, 0.2) is 58.2 Å². The first-order valence-electron chi connectivity index (χ1n) is 8.73. The maximum Gasteiger partial charge on any atom is 0.237 e. The molecule has 0 aliphatic heterocycles. The fourth-order valence-corrected chi connectivity index (χ4v) is 3.56. The molecule has 2 heterocycles. The molecule has 0 amide bonds. The van der Waals surface area contributed by atoms with Gasteiger partial charge in [0.1, 0.15) is 11.6 Å². The average Bonchev–Trinajstić information content (AvgIpc) is 3.34. The molecule has 2 aromatic carbocycles. The van der Waals surface area contributed by atoms with Gasteiger partial charge in [-0.05, 0) is 50.2 Å². The van der Waals surface area contributed by atoms with E-state index >= 15 is 0 Å². The first kappa shape index (κ1) is 18.2. The van der Waals surface area contributed by atoms with E-state index < -0.39 is 0 Å². The first-order valence-corrected chi connectivity index (χ1v) is 9.71. The summed E-state index contributed by atoms with van der Waals surface area (Å²) in [6.07, 6.45) is 0. The summed E-state index contributed by atoms with van der Waals surface area (Å²) in [6.45, 7) is 4.00. The summed E-state index contributed by atoms with van der Waals surface area (Å²) in [5, 5.41) is 13.3. The molecule has 0 spiro atoms. The van der Waals surface area contributed by atoms with Gasteiger partial charge in [0.25, 0.3) is 0 Å². The Balaban J connectivity index is 1.50. The molecule has 7 nitrogen and oxygen atoms in total. The van der Waals surface area contributed by atoms with E-state index in [1.165, 1.54) is 17.3 Å². The third kappa shape index (κ3) is 3.77. The summed E-state index contributed by atoms with van der Waals surface area (Å²) in [5.41, 5.74) is 3.11. The van der Waals surface area contributed by atoms with Crippen LogP contribution in [0.1, 0.15) is 17.3 Å². The molecule has 0 bridgehead atoms. The number of hydrogen-bond acceptors (Lipinski definition) is 7. The zero-order chi connectivity index (χ0) is 19.5. The minimum Gasteiger partial charge on any atom is -0.497 e. The van der Waals surface area contributed by atoms with Crippen molar-refractivity contribution in [2.75, 3.05) is 7.11 Å². The van der Waals surface area contributed by atoms with Gasteiger partial charge in [0.05, 0.1) is 12.9 Å². The van der Waals surface area contributed by atoms with E-state index in [0.717, 1.165) is 28.0 Å². The molecule has 142 valence electrons. The third-order valence-electron chi connectivity index (χ3n) is 4.23. The maximum absolute atomic E-state index is 5.39. The van der Waals surface area contributed by atoms with Gasteiger partial charge in [-0.15, -0.1) is 10.2 Å². The van der Waals surface area contributed by atoms with Crippen molar-refractivity contribution >= 4 is 11.8 Å². The lowest BCUT2D eigenvalue weighted by molar-refractivity contribution is 0.391.